The highest BCUT2D eigenvalue weighted by atomic mass is 35.5. The van der Waals surface area contributed by atoms with Crippen molar-refractivity contribution in [1.29, 1.82) is 0 Å². The number of aromatic nitrogens is 3. The molecule has 1 N–H and O–H groups in total. The second-order valence-corrected chi connectivity index (χ2v) is 6.43. The number of amides is 1. The predicted molar refractivity (Wildman–Crippen MR) is 79.4 cm³/mol. The highest BCUT2D eigenvalue weighted by Crippen LogP contribution is 2.18. The summed E-state index contributed by atoms with van der Waals surface area (Å²) in [6, 6.07) is 0.0832. The van der Waals surface area contributed by atoms with E-state index in [0.717, 1.165) is 6.42 Å². The van der Waals surface area contributed by atoms with Crippen molar-refractivity contribution in [2.75, 3.05) is 18.4 Å². The fraction of sp³-hybridized carbons (Fsp3) is 0.692. The maximum absolute atomic E-state index is 12.0. The van der Waals surface area contributed by atoms with Gasteiger partial charge in [-0.3, -0.25) is 0 Å². The van der Waals surface area contributed by atoms with Crippen LogP contribution in [0.1, 0.15) is 32.9 Å². The first kappa shape index (κ1) is 15.8. The van der Waals surface area contributed by atoms with E-state index >= 15 is 0 Å². The monoisotopic (exact) mass is 313 g/mol. The van der Waals surface area contributed by atoms with Gasteiger partial charge in [0.05, 0.1) is 5.69 Å². The third kappa shape index (κ3) is 4.42. The quantitative estimate of drug-likeness (QED) is 0.902. The number of halogens is 1. The van der Waals surface area contributed by atoms with Crippen molar-refractivity contribution in [2.45, 2.75) is 45.8 Å². The molecule has 0 aliphatic carbocycles. The summed E-state index contributed by atoms with van der Waals surface area (Å²) in [5.41, 5.74) is 0.138. The minimum Gasteiger partial charge on any atom is -0.444 e. The van der Waals surface area contributed by atoms with Gasteiger partial charge in [-0.05, 0) is 34.1 Å². The molecule has 1 aliphatic heterocycles. The Labute approximate surface area is 129 Å². The van der Waals surface area contributed by atoms with Crippen LogP contribution in [0.3, 0.4) is 0 Å². The van der Waals surface area contributed by atoms with Gasteiger partial charge in [-0.1, -0.05) is 11.6 Å². The van der Waals surface area contributed by atoms with Crippen molar-refractivity contribution in [3.63, 3.8) is 0 Å². The second-order valence-electron chi connectivity index (χ2n) is 6.07. The SMILES string of the molecule is Cc1nc(N[C@@H]2CCN(C(=O)OC(C)(C)C)C2)nnc1Cl. The van der Waals surface area contributed by atoms with Crippen LogP contribution in [0.5, 0.6) is 0 Å². The lowest BCUT2D eigenvalue weighted by Gasteiger charge is -2.24. The smallest absolute Gasteiger partial charge is 0.410 e. The van der Waals surface area contributed by atoms with Crippen LogP contribution in [-0.4, -0.2) is 50.9 Å². The molecular formula is C13H20ClN5O2. The number of carbonyl (C=O) groups is 1. The Bertz CT molecular complexity index is 532. The zero-order valence-corrected chi connectivity index (χ0v) is 13.4. The normalized spacial score (nSPS) is 18.7. The van der Waals surface area contributed by atoms with Gasteiger partial charge < -0.3 is 15.0 Å². The van der Waals surface area contributed by atoms with Crippen LogP contribution in [-0.2, 0) is 4.74 Å². The second kappa shape index (κ2) is 6.01. The molecule has 1 amide bonds. The molecule has 7 nitrogen and oxygen atoms in total. The molecule has 116 valence electrons. The van der Waals surface area contributed by atoms with Crippen LogP contribution in [0.15, 0.2) is 0 Å². The van der Waals surface area contributed by atoms with Gasteiger partial charge in [-0.15, -0.1) is 10.2 Å². The lowest BCUT2D eigenvalue weighted by atomic mass is 10.2. The Balaban J connectivity index is 1.90. The lowest BCUT2D eigenvalue weighted by Crippen LogP contribution is -2.36. The Morgan fingerprint density at radius 1 is 1.43 bits per heavy atom. The van der Waals surface area contributed by atoms with Crippen LogP contribution in [0.25, 0.3) is 0 Å². The molecule has 1 aliphatic rings. The number of carbonyl (C=O) groups excluding carboxylic acids is 1. The fourth-order valence-corrected chi connectivity index (χ4v) is 2.09. The van der Waals surface area contributed by atoms with Gasteiger partial charge in [0.15, 0.2) is 5.15 Å². The molecule has 0 saturated carbocycles. The van der Waals surface area contributed by atoms with Crippen molar-refractivity contribution in [2.24, 2.45) is 0 Å². The van der Waals surface area contributed by atoms with Gasteiger partial charge in [-0.2, -0.15) is 0 Å². The first-order valence-corrected chi connectivity index (χ1v) is 7.23. The standard InChI is InChI=1S/C13H20ClN5O2/c1-8-10(14)17-18-11(15-8)16-9-5-6-19(7-9)12(20)21-13(2,3)4/h9H,5-7H2,1-4H3,(H,15,16,18)/t9-/m1/s1. The van der Waals surface area contributed by atoms with E-state index in [1.165, 1.54) is 0 Å². The largest absolute Gasteiger partial charge is 0.444 e. The number of aryl methyl sites for hydroxylation is 1. The van der Waals surface area contributed by atoms with Crippen LogP contribution in [0.2, 0.25) is 5.15 Å². The van der Waals surface area contributed by atoms with E-state index in [1.54, 1.807) is 11.8 Å². The van der Waals surface area contributed by atoms with E-state index in [1.807, 2.05) is 20.8 Å². The molecule has 8 heteroatoms. The van der Waals surface area contributed by atoms with Gasteiger partial charge in [-0.25, -0.2) is 9.78 Å². The summed E-state index contributed by atoms with van der Waals surface area (Å²) < 4.78 is 5.35. The van der Waals surface area contributed by atoms with Crippen LogP contribution in [0.4, 0.5) is 10.7 Å². The first-order chi connectivity index (χ1) is 9.74. The van der Waals surface area contributed by atoms with Crippen molar-refractivity contribution in [3.05, 3.63) is 10.8 Å². The van der Waals surface area contributed by atoms with Crippen LogP contribution >= 0.6 is 11.6 Å². The fourth-order valence-electron chi connectivity index (χ4n) is 2.01. The van der Waals surface area contributed by atoms with E-state index in [-0.39, 0.29) is 12.1 Å². The third-order valence-electron chi connectivity index (χ3n) is 2.98. The minimum atomic E-state index is -0.483. The number of hydrogen-bond donors (Lipinski definition) is 1. The summed E-state index contributed by atoms with van der Waals surface area (Å²) in [5.74, 6) is 0.424. The lowest BCUT2D eigenvalue weighted by molar-refractivity contribution is 0.0293. The van der Waals surface area contributed by atoms with Gasteiger partial charge >= 0.3 is 6.09 Å². The summed E-state index contributed by atoms with van der Waals surface area (Å²) in [7, 11) is 0. The summed E-state index contributed by atoms with van der Waals surface area (Å²) >= 11 is 5.79. The Morgan fingerprint density at radius 3 is 2.76 bits per heavy atom. The predicted octanol–water partition coefficient (Wildman–Crippen LogP) is 2.25. The Morgan fingerprint density at radius 2 is 2.14 bits per heavy atom. The number of likely N-dealkylation sites (tertiary alicyclic amines) is 1. The Hall–Kier alpha value is -1.63. The van der Waals surface area contributed by atoms with E-state index < -0.39 is 5.60 Å². The average Bonchev–Trinajstić information content (AvgIpc) is 2.80. The van der Waals surface area contributed by atoms with Gasteiger partial charge in [0.1, 0.15) is 5.60 Å². The summed E-state index contributed by atoms with van der Waals surface area (Å²) in [6.07, 6.45) is 0.516. The van der Waals surface area contributed by atoms with E-state index in [0.29, 0.717) is 29.9 Å². The molecule has 1 aromatic heterocycles. The van der Waals surface area contributed by atoms with Crippen molar-refractivity contribution < 1.29 is 9.53 Å². The highest BCUT2D eigenvalue weighted by Gasteiger charge is 2.30. The van der Waals surface area contributed by atoms with E-state index in [4.69, 9.17) is 16.3 Å². The number of anilines is 1. The maximum Gasteiger partial charge on any atom is 0.410 e. The molecule has 0 spiro atoms. The zero-order valence-electron chi connectivity index (χ0n) is 12.7. The Kier molecular flexibility index (Phi) is 4.51. The van der Waals surface area contributed by atoms with Crippen LogP contribution < -0.4 is 5.32 Å². The van der Waals surface area contributed by atoms with Gasteiger partial charge in [0.25, 0.3) is 0 Å². The molecular weight excluding hydrogens is 294 g/mol. The van der Waals surface area contributed by atoms with E-state index in [9.17, 15) is 4.79 Å². The van der Waals surface area contributed by atoms with E-state index in [2.05, 4.69) is 20.5 Å². The number of rotatable bonds is 2. The number of hydrogen-bond acceptors (Lipinski definition) is 6. The number of nitrogens with one attached hydrogen (secondary N) is 1. The topological polar surface area (TPSA) is 80.2 Å². The van der Waals surface area contributed by atoms with Gasteiger partial charge in [0.2, 0.25) is 5.95 Å². The first-order valence-electron chi connectivity index (χ1n) is 6.86. The highest BCUT2D eigenvalue weighted by molar-refractivity contribution is 6.29. The molecule has 1 atom stereocenters. The van der Waals surface area contributed by atoms with Crippen molar-refractivity contribution in [3.8, 4) is 0 Å². The maximum atomic E-state index is 12.0. The molecule has 0 radical (unpaired) electrons. The number of ether oxygens (including phenoxy) is 1. The average molecular weight is 314 g/mol. The molecule has 0 unspecified atom stereocenters. The van der Waals surface area contributed by atoms with Crippen molar-refractivity contribution >= 4 is 23.6 Å². The molecule has 2 rings (SSSR count). The molecule has 1 saturated heterocycles. The number of nitrogens with zero attached hydrogens (tertiary/aromatic N) is 4. The van der Waals surface area contributed by atoms with Crippen LogP contribution in [0, 0.1) is 6.92 Å². The van der Waals surface area contributed by atoms with Gasteiger partial charge in [0, 0.05) is 19.1 Å². The third-order valence-corrected chi connectivity index (χ3v) is 3.33. The molecule has 1 fully saturated rings. The molecule has 21 heavy (non-hydrogen) atoms. The zero-order chi connectivity index (χ0) is 15.6. The minimum absolute atomic E-state index is 0.0832. The molecule has 0 bridgehead atoms. The summed E-state index contributed by atoms with van der Waals surface area (Å²) in [4.78, 5) is 17.9. The molecule has 2 heterocycles. The molecule has 1 aromatic rings. The van der Waals surface area contributed by atoms with Crippen molar-refractivity contribution in [1.82, 2.24) is 20.1 Å². The summed E-state index contributed by atoms with van der Waals surface area (Å²) in [6.45, 7) is 8.53. The molecule has 0 aromatic carbocycles. The summed E-state index contributed by atoms with van der Waals surface area (Å²) in [5, 5.41) is 11.2.